The zero-order valence-corrected chi connectivity index (χ0v) is 18.8. The second kappa shape index (κ2) is 12.1. The van der Waals surface area contributed by atoms with Crippen molar-refractivity contribution in [3.05, 3.63) is 84.5 Å². The summed E-state index contributed by atoms with van der Waals surface area (Å²) in [4.78, 5) is 25.5. The Morgan fingerprint density at radius 2 is 2.00 bits per heavy atom. The van der Waals surface area contributed by atoms with Gasteiger partial charge in [0.05, 0.1) is 6.57 Å². The molecule has 0 aliphatic heterocycles. The Balaban J connectivity index is 1.76. The molecule has 0 saturated heterocycles. The van der Waals surface area contributed by atoms with Gasteiger partial charge >= 0.3 is 0 Å². The van der Waals surface area contributed by atoms with Crippen molar-refractivity contribution in [3.63, 3.8) is 0 Å². The van der Waals surface area contributed by atoms with Gasteiger partial charge in [-0.15, -0.1) is 6.58 Å². The van der Waals surface area contributed by atoms with Crippen LogP contribution >= 0.6 is 0 Å². The molecule has 8 heteroatoms. The summed E-state index contributed by atoms with van der Waals surface area (Å²) in [5.74, 6) is 1.62. The smallest absolute Gasteiger partial charge is 0.242 e. The van der Waals surface area contributed by atoms with Crippen molar-refractivity contribution in [2.75, 3.05) is 17.2 Å². The lowest BCUT2D eigenvalue weighted by Crippen LogP contribution is -2.39. The fourth-order valence-electron chi connectivity index (χ4n) is 3.23. The molecule has 3 N–H and O–H groups in total. The van der Waals surface area contributed by atoms with E-state index in [-0.39, 0.29) is 5.91 Å². The monoisotopic (exact) mass is 443 g/mol. The van der Waals surface area contributed by atoms with Crippen LogP contribution in [0.25, 0.3) is 10.7 Å². The molecule has 1 amide bonds. The highest BCUT2D eigenvalue weighted by Crippen LogP contribution is 2.17. The molecule has 0 aliphatic carbocycles. The summed E-state index contributed by atoms with van der Waals surface area (Å²) in [7, 11) is 0. The van der Waals surface area contributed by atoms with Crippen molar-refractivity contribution in [1.82, 2.24) is 19.9 Å². The molecule has 0 bridgehead atoms. The highest BCUT2D eigenvalue weighted by atomic mass is 16.2. The summed E-state index contributed by atoms with van der Waals surface area (Å²) in [6.07, 6.45) is 8.11. The first-order chi connectivity index (χ1) is 16.1. The number of aromatic nitrogens is 3. The van der Waals surface area contributed by atoms with Gasteiger partial charge in [-0.1, -0.05) is 50.1 Å². The molecule has 3 aromatic rings. The molecule has 8 nitrogen and oxygen atoms in total. The maximum absolute atomic E-state index is 13.0. The molecule has 0 radical (unpaired) electrons. The van der Waals surface area contributed by atoms with Crippen LogP contribution in [-0.2, 0) is 11.3 Å². The third-order valence-corrected chi connectivity index (χ3v) is 5.00. The van der Waals surface area contributed by atoms with Crippen LogP contribution in [-0.4, -0.2) is 33.0 Å². The lowest BCUT2D eigenvalue weighted by atomic mass is 10.1. The third kappa shape index (κ3) is 6.94. The first-order valence-electron chi connectivity index (χ1n) is 11.0. The summed E-state index contributed by atoms with van der Waals surface area (Å²) >= 11 is 0. The van der Waals surface area contributed by atoms with Crippen molar-refractivity contribution < 1.29 is 4.79 Å². The largest absolute Gasteiger partial charge is 0.358 e. The number of nitrogens with one attached hydrogen (secondary N) is 3. The number of hydrogen-bond donors (Lipinski definition) is 3. The van der Waals surface area contributed by atoms with E-state index >= 15 is 0 Å². The first kappa shape index (κ1) is 23.5. The van der Waals surface area contributed by atoms with Crippen LogP contribution in [0.3, 0.4) is 0 Å². The number of carbonyl (C=O) groups is 1. The number of hydrogen-bond acceptors (Lipinski definition) is 5. The van der Waals surface area contributed by atoms with Gasteiger partial charge in [-0.05, 0) is 24.1 Å². The molecule has 170 valence electrons. The van der Waals surface area contributed by atoms with Crippen LogP contribution in [0.5, 0.6) is 0 Å². The minimum atomic E-state index is -0.438. The molecule has 3 rings (SSSR count). The van der Waals surface area contributed by atoms with Gasteiger partial charge < -0.3 is 20.5 Å². The molecule has 33 heavy (non-hydrogen) atoms. The minimum absolute atomic E-state index is 0.0977. The number of amides is 1. The lowest BCUT2D eigenvalue weighted by Gasteiger charge is -2.20. The predicted octanol–water partition coefficient (Wildman–Crippen LogP) is 4.70. The Morgan fingerprint density at radius 1 is 1.24 bits per heavy atom. The molecule has 0 spiro atoms. The van der Waals surface area contributed by atoms with E-state index in [0.29, 0.717) is 42.8 Å². The van der Waals surface area contributed by atoms with E-state index in [1.54, 1.807) is 18.2 Å². The normalized spacial score (nSPS) is 11.3. The van der Waals surface area contributed by atoms with Gasteiger partial charge in [0.25, 0.3) is 0 Å². The Kier molecular flexibility index (Phi) is 8.60. The van der Waals surface area contributed by atoms with Crippen LogP contribution in [0.15, 0.2) is 67.5 Å². The zero-order chi connectivity index (χ0) is 23.5. The number of anilines is 2. The molecule has 2 aromatic heterocycles. The topological polar surface area (TPSA) is 88.2 Å². The van der Waals surface area contributed by atoms with Crippen molar-refractivity contribution >= 4 is 23.4 Å². The van der Waals surface area contributed by atoms with E-state index in [9.17, 15) is 4.79 Å². The molecular formula is C25H29N7O. The van der Waals surface area contributed by atoms with Crippen LogP contribution in [0.2, 0.25) is 0 Å². The first-order valence-corrected chi connectivity index (χ1v) is 11.0. The van der Waals surface area contributed by atoms with Gasteiger partial charge in [0.15, 0.2) is 5.69 Å². The van der Waals surface area contributed by atoms with Gasteiger partial charge in [-0.2, -0.15) is 9.97 Å². The molecule has 1 atom stereocenters. The molecule has 2 heterocycles. The quantitative estimate of drug-likeness (QED) is 0.279. The lowest BCUT2D eigenvalue weighted by molar-refractivity contribution is -0.122. The summed E-state index contributed by atoms with van der Waals surface area (Å²) in [5.41, 5.74) is 1.52. The molecule has 0 unspecified atom stereocenters. The number of nitrogens with zero attached hydrogens (tertiary/aromatic N) is 4. The predicted molar refractivity (Wildman–Crippen MR) is 132 cm³/mol. The fraction of sp³-hybridized carbons (Fsp3) is 0.280. The van der Waals surface area contributed by atoms with Crippen LogP contribution in [0.4, 0.5) is 17.5 Å². The van der Waals surface area contributed by atoms with E-state index in [1.807, 2.05) is 47.3 Å². The Hall–Kier alpha value is -4.12. The zero-order valence-electron chi connectivity index (χ0n) is 18.8. The molecule has 0 saturated carbocycles. The molecule has 0 fully saturated rings. The van der Waals surface area contributed by atoms with E-state index in [2.05, 4.69) is 44.3 Å². The van der Waals surface area contributed by atoms with Crippen molar-refractivity contribution in [1.29, 1.82) is 0 Å². The molecule has 1 aromatic carbocycles. The highest BCUT2D eigenvalue weighted by Gasteiger charge is 2.19. The summed E-state index contributed by atoms with van der Waals surface area (Å²) in [6.45, 7) is 13.8. The summed E-state index contributed by atoms with van der Waals surface area (Å²) < 4.78 is 1.89. The van der Waals surface area contributed by atoms with Crippen LogP contribution in [0, 0.1) is 6.57 Å². The van der Waals surface area contributed by atoms with Gasteiger partial charge in [-0.25, -0.2) is 4.85 Å². The van der Waals surface area contributed by atoms with E-state index < -0.39 is 6.04 Å². The van der Waals surface area contributed by atoms with Gasteiger partial charge in [0.2, 0.25) is 11.9 Å². The SMILES string of the molecule is [C-]#[N+]c1ccc(CNC(=O)[C@@H](CCCC)Nc2cc(-n3cccc3)nc(NCC=C)n2)cc1. The number of rotatable bonds is 12. The second-order valence-corrected chi connectivity index (χ2v) is 7.53. The number of unbranched alkanes of at least 4 members (excludes halogenated alkanes) is 1. The van der Waals surface area contributed by atoms with Crippen molar-refractivity contribution in [2.24, 2.45) is 0 Å². The van der Waals surface area contributed by atoms with Gasteiger partial charge in [-0.3, -0.25) is 4.79 Å². The summed E-state index contributed by atoms with van der Waals surface area (Å²) in [6, 6.07) is 12.5. The highest BCUT2D eigenvalue weighted by molar-refractivity contribution is 5.84. The minimum Gasteiger partial charge on any atom is -0.358 e. The Labute approximate surface area is 194 Å². The van der Waals surface area contributed by atoms with E-state index in [4.69, 9.17) is 6.57 Å². The van der Waals surface area contributed by atoms with Crippen LogP contribution in [0.1, 0.15) is 31.7 Å². The number of benzene rings is 1. The fourth-order valence-corrected chi connectivity index (χ4v) is 3.23. The molecule has 0 aliphatic rings. The van der Waals surface area contributed by atoms with Gasteiger partial charge in [0.1, 0.15) is 17.7 Å². The average Bonchev–Trinajstić information content (AvgIpc) is 3.39. The standard InChI is InChI=1S/C25H29N7O/c1-4-6-9-21(24(33)28-18-19-10-12-20(26-3)13-11-19)29-22-17-23(32-15-7-8-16-32)31-25(30-22)27-14-5-2/h5,7-8,10-13,15-17,21H,2,4,6,9,14,18H2,1H3,(H,28,33)(H2,27,29,30,31)/t21-/m1/s1. The Bertz CT molecular complexity index is 1080. The van der Waals surface area contributed by atoms with E-state index in [0.717, 1.165) is 18.4 Å². The van der Waals surface area contributed by atoms with E-state index in [1.165, 1.54) is 0 Å². The maximum Gasteiger partial charge on any atom is 0.242 e. The third-order valence-electron chi connectivity index (χ3n) is 5.00. The second-order valence-electron chi connectivity index (χ2n) is 7.53. The van der Waals surface area contributed by atoms with Crippen molar-refractivity contribution in [3.8, 4) is 5.82 Å². The van der Waals surface area contributed by atoms with Crippen molar-refractivity contribution in [2.45, 2.75) is 38.8 Å². The number of carbonyl (C=O) groups excluding carboxylic acids is 1. The van der Waals surface area contributed by atoms with Gasteiger partial charge in [0, 0.05) is 31.5 Å². The molecular weight excluding hydrogens is 414 g/mol. The average molecular weight is 444 g/mol. The van der Waals surface area contributed by atoms with Crippen LogP contribution < -0.4 is 16.0 Å². The summed E-state index contributed by atoms with van der Waals surface area (Å²) in [5, 5.41) is 9.43. The maximum atomic E-state index is 13.0. The Morgan fingerprint density at radius 3 is 2.67 bits per heavy atom.